The maximum Gasteiger partial charge on any atom is 0.330 e. The van der Waals surface area contributed by atoms with Gasteiger partial charge in [0.15, 0.2) is 11.5 Å². The molecule has 7 heteroatoms. The number of rotatable bonds is 5. The number of phenols is 1. The van der Waals surface area contributed by atoms with Crippen LogP contribution in [0.3, 0.4) is 0 Å². The summed E-state index contributed by atoms with van der Waals surface area (Å²) in [6.07, 6.45) is 33.6. The number of phenolic OH excluding ortho intramolecular Hbond substituents is 1. The first-order valence-corrected chi connectivity index (χ1v) is 19.1. The Kier molecular flexibility index (Phi) is 24.6. The van der Waals surface area contributed by atoms with E-state index in [2.05, 4.69) is 0 Å². The summed E-state index contributed by atoms with van der Waals surface area (Å²) in [7, 11) is 1.47. The van der Waals surface area contributed by atoms with Gasteiger partial charge in [0.05, 0.1) is 7.11 Å². The highest BCUT2D eigenvalue weighted by Crippen LogP contribution is 2.26. The third-order valence-corrected chi connectivity index (χ3v) is 9.09. The van der Waals surface area contributed by atoms with Gasteiger partial charge in [-0.05, 0) is 36.6 Å². The molecule has 1 aromatic rings. The molecule has 0 spiro atoms. The van der Waals surface area contributed by atoms with E-state index in [9.17, 15) is 14.7 Å². The number of ether oxygens (including phenoxy) is 4. The molecule has 1 fully saturated rings. The summed E-state index contributed by atoms with van der Waals surface area (Å²) < 4.78 is 22.1. The van der Waals surface area contributed by atoms with Crippen molar-refractivity contribution in [1.29, 1.82) is 0 Å². The van der Waals surface area contributed by atoms with Gasteiger partial charge in [0, 0.05) is 19.1 Å². The minimum absolute atomic E-state index is 0.00928. The molecule has 0 saturated carbocycles. The summed E-state index contributed by atoms with van der Waals surface area (Å²) in [5.74, 6) is -0.379. The quantitative estimate of drug-likeness (QED) is 0.249. The Bertz CT molecular complexity index is 960. The molecule has 2 rings (SSSR count). The van der Waals surface area contributed by atoms with Crippen molar-refractivity contribution in [3.8, 4) is 11.5 Å². The molecule has 7 nitrogen and oxygen atoms in total. The van der Waals surface area contributed by atoms with Crippen LogP contribution in [0.4, 0.5) is 0 Å². The van der Waals surface area contributed by atoms with E-state index in [0.717, 1.165) is 25.7 Å². The topological polar surface area (TPSA) is 91.3 Å². The lowest BCUT2D eigenvalue weighted by atomic mass is 10.0. The average Bonchev–Trinajstić information content (AvgIpc) is 3.07. The predicted octanol–water partition coefficient (Wildman–Crippen LogP) is 10.7. The molecule has 1 aliphatic heterocycles. The van der Waals surface area contributed by atoms with Crippen molar-refractivity contribution in [2.45, 2.75) is 167 Å². The minimum Gasteiger partial charge on any atom is -0.504 e. The Morgan fingerprint density at radius 2 is 1.21 bits per heavy atom. The number of esters is 2. The van der Waals surface area contributed by atoms with Gasteiger partial charge in [-0.15, -0.1) is 0 Å². The zero-order valence-electron chi connectivity index (χ0n) is 29.7. The van der Waals surface area contributed by atoms with Crippen LogP contribution in [0.25, 0.3) is 6.08 Å². The van der Waals surface area contributed by atoms with Crippen molar-refractivity contribution in [3.63, 3.8) is 0 Å². The normalized spacial score (nSPS) is 21.2. The molecule has 47 heavy (non-hydrogen) atoms. The highest BCUT2D eigenvalue weighted by atomic mass is 16.6. The summed E-state index contributed by atoms with van der Waals surface area (Å²) in [5.41, 5.74) is 0.694. The summed E-state index contributed by atoms with van der Waals surface area (Å²) in [6, 6.07) is 4.82. The highest BCUT2D eigenvalue weighted by Gasteiger charge is 2.15. The van der Waals surface area contributed by atoms with Crippen LogP contribution in [-0.2, 0) is 23.8 Å². The first-order chi connectivity index (χ1) is 23.1. The number of carbonyl (C=O) groups excluding carboxylic acids is 2. The lowest BCUT2D eigenvalue weighted by Crippen LogP contribution is -2.28. The Morgan fingerprint density at radius 3 is 1.70 bits per heavy atom. The van der Waals surface area contributed by atoms with E-state index in [1.54, 1.807) is 18.2 Å². The SMILES string of the molecule is COc1cc(C=CC(=O)OC[C@@H]2COC(=O)CCCCCCCCCCCCCCCCCCCCCCCCCCO2)ccc1O. The lowest BCUT2D eigenvalue weighted by molar-refractivity contribution is -0.153. The average molecular weight is 659 g/mol. The lowest BCUT2D eigenvalue weighted by Gasteiger charge is -2.18. The fraction of sp³-hybridized carbons (Fsp3) is 0.750. The smallest absolute Gasteiger partial charge is 0.330 e. The van der Waals surface area contributed by atoms with Crippen molar-refractivity contribution >= 4 is 18.0 Å². The number of benzene rings is 1. The van der Waals surface area contributed by atoms with Gasteiger partial charge in [-0.25, -0.2) is 4.79 Å². The van der Waals surface area contributed by atoms with Crippen LogP contribution in [0.2, 0.25) is 0 Å². The van der Waals surface area contributed by atoms with Gasteiger partial charge in [0.25, 0.3) is 0 Å². The number of cyclic esters (lactones) is 1. The molecule has 0 radical (unpaired) electrons. The van der Waals surface area contributed by atoms with E-state index < -0.39 is 12.1 Å². The van der Waals surface area contributed by atoms with E-state index >= 15 is 0 Å². The van der Waals surface area contributed by atoms with Gasteiger partial charge < -0.3 is 24.1 Å². The van der Waals surface area contributed by atoms with Gasteiger partial charge in [-0.2, -0.15) is 0 Å². The predicted molar refractivity (Wildman–Crippen MR) is 191 cm³/mol. The molecule has 268 valence electrons. The second kappa shape index (κ2) is 28.5. The first kappa shape index (κ1) is 40.6. The third-order valence-electron chi connectivity index (χ3n) is 9.09. The standard InChI is InChI=1S/C40H66O7/c1-44-38-32-35(27-29-37(38)41)28-30-40(43)47-34-36-33-46-39(42)26-24-22-20-18-16-14-12-10-8-6-4-2-3-5-7-9-11-13-15-17-19-21-23-25-31-45-36/h27-30,32,36,41H,2-26,31,33-34H2,1H3/t36-/m0/s1. The summed E-state index contributed by atoms with van der Waals surface area (Å²) in [6.45, 7) is 0.628. The molecule has 0 aliphatic carbocycles. The third kappa shape index (κ3) is 22.6. The Balaban J connectivity index is 1.76. The maximum absolute atomic E-state index is 12.4. The number of aromatic hydroxyl groups is 1. The molecule has 0 aromatic heterocycles. The molecule has 1 heterocycles. The van der Waals surface area contributed by atoms with Gasteiger partial charge in [0.2, 0.25) is 0 Å². The van der Waals surface area contributed by atoms with Crippen LogP contribution in [0, 0.1) is 0 Å². The summed E-state index contributed by atoms with van der Waals surface area (Å²) in [4.78, 5) is 24.9. The minimum atomic E-state index is -0.518. The van der Waals surface area contributed by atoms with Crippen molar-refractivity contribution in [3.05, 3.63) is 29.8 Å². The number of hydrogen-bond donors (Lipinski definition) is 1. The van der Waals surface area contributed by atoms with Crippen LogP contribution in [-0.4, -0.2) is 50.1 Å². The van der Waals surface area contributed by atoms with Crippen LogP contribution < -0.4 is 4.74 Å². The number of carbonyl (C=O) groups is 2. The molecule has 1 N–H and O–H groups in total. The van der Waals surface area contributed by atoms with Crippen LogP contribution >= 0.6 is 0 Å². The molecule has 0 unspecified atom stereocenters. The van der Waals surface area contributed by atoms with E-state index in [1.165, 1.54) is 148 Å². The van der Waals surface area contributed by atoms with Crippen LogP contribution in [0.15, 0.2) is 24.3 Å². The van der Waals surface area contributed by atoms with Crippen molar-refractivity contribution in [2.24, 2.45) is 0 Å². The largest absolute Gasteiger partial charge is 0.504 e. The summed E-state index contributed by atoms with van der Waals surface area (Å²) >= 11 is 0. The van der Waals surface area contributed by atoms with Gasteiger partial charge in [0.1, 0.15) is 19.3 Å². The van der Waals surface area contributed by atoms with E-state index in [0.29, 0.717) is 24.3 Å². The summed E-state index contributed by atoms with van der Waals surface area (Å²) in [5, 5.41) is 9.77. The Labute approximate surface area is 286 Å². The van der Waals surface area contributed by atoms with Crippen LogP contribution in [0.5, 0.6) is 11.5 Å². The highest BCUT2D eigenvalue weighted by molar-refractivity contribution is 5.87. The van der Waals surface area contributed by atoms with Crippen LogP contribution in [0.1, 0.15) is 166 Å². The molecule has 1 atom stereocenters. The Morgan fingerprint density at radius 1 is 0.745 bits per heavy atom. The van der Waals surface area contributed by atoms with E-state index in [-0.39, 0.29) is 24.9 Å². The molecule has 1 aliphatic rings. The molecule has 0 amide bonds. The maximum atomic E-state index is 12.4. The zero-order valence-corrected chi connectivity index (χ0v) is 29.7. The number of methoxy groups -OCH3 is 1. The van der Waals surface area contributed by atoms with Crippen molar-refractivity contribution in [1.82, 2.24) is 0 Å². The molecular weight excluding hydrogens is 592 g/mol. The van der Waals surface area contributed by atoms with Crippen molar-refractivity contribution < 1.29 is 33.6 Å². The van der Waals surface area contributed by atoms with E-state index in [1.807, 2.05) is 0 Å². The fourth-order valence-corrected chi connectivity index (χ4v) is 6.10. The Hall–Kier alpha value is -2.54. The van der Waals surface area contributed by atoms with Crippen molar-refractivity contribution in [2.75, 3.05) is 26.9 Å². The second-order valence-corrected chi connectivity index (χ2v) is 13.3. The van der Waals surface area contributed by atoms with Gasteiger partial charge in [-0.3, -0.25) is 4.79 Å². The number of hydrogen-bond acceptors (Lipinski definition) is 7. The molecular formula is C40H66O7. The monoisotopic (exact) mass is 658 g/mol. The first-order valence-electron chi connectivity index (χ1n) is 19.1. The van der Waals surface area contributed by atoms with E-state index in [4.69, 9.17) is 18.9 Å². The zero-order chi connectivity index (χ0) is 33.6. The fourth-order valence-electron chi connectivity index (χ4n) is 6.10. The molecule has 0 bridgehead atoms. The second-order valence-electron chi connectivity index (χ2n) is 13.3. The molecule has 1 saturated heterocycles. The molecule has 1 aromatic carbocycles. The van der Waals surface area contributed by atoms with Gasteiger partial charge >= 0.3 is 11.9 Å². The van der Waals surface area contributed by atoms with Gasteiger partial charge in [-0.1, -0.05) is 147 Å².